The number of carbonyl (C=O) groups is 3. The first-order valence-corrected chi connectivity index (χ1v) is 15.3. The third-order valence-electron chi connectivity index (χ3n) is 8.52. The number of carbonyl (C=O) groups excluding carboxylic acids is 3. The first-order valence-electron chi connectivity index (χ1n) is 15.3. The summed E-state index contributed by atoms with van der Waals surface area (Å²) in [7, 11) is 0. The van der Waals surface area contributed by atoms with Gasteiger partial charge in [0.25, 0.3) is 5.91 Å². The smallest absolute Gasteiger partial charge is 0.436 e. The molecular weight excluding hydrogens is 570 g/mol. The molecule has 0 radical (unpaired) electrons. The summed E-state index contributed by atoms with van der Waals surface area (Å²) in [5.41, 5.74) is 2.67. The number of phenolic OH excluding ortho intramolecular Hbond substituents is 1. The van der Waals surface area contributed by atoms with Gasteiger partial charge in [0.1, 0.15) is 18.4 Å². The van der Waals surface area contributed by atoms with Crippen molar-refractivity contribution in [2.24, 2.45) is 5.92 Å². The lowest BCUT2D eigenvalue weighted by molar-refractivity contribution is -0.268. The number of nitrogens with zero attached hydrogens (tertiary/aromatic N) is 3. The highest BCUT2D eigenvalue weighted by atomic mass is 16.7. The SMILES string of the molecule is CC(C)[C@H]1C(=O)N(CCc2cccc3ccccc23)CC2N(C(=O)OCc3ccccc3)O[C@H](Cc3ccc(O)cc3)C(=O)N21. The third kappa shape index (κ3) is 6.35. The molecule has 3 atom stereocenters. The first kappa shape index (κ1) is 30.1. The Balaban J connectivity index is 1.29. The standard InChI is InChI=1S/C36H37N3O6/c1-24(2)33-35(42)37(20-19-28-13-8-12-27-11-6-7-14-30(27)28)22-32-38(33)34(41)31(21-25-15-17-29(40)18-16-25)45-39(32)36(43)44-23-26-9-4-3-5-10-26/h3-18,24,31-33,40H,19-23H2,1-2H3/t31-,32?,33+/m1/s1. The van der Waals surface area contributed by atoms with Crippen LogP contribution in [0.25, 0.3) is 10.8 Å². The first-order chi connectivity index (χ1) is 21.8. The van der Waals surface area contributed by atoms with Gasteiger partial charge < -0.3 is 19.6 Å². The zero-order valence-electron chi connectivity index (χ0n) is 25.4. The van der Waals surface area contributed by atoms with E-state index >= 15 is 0 Å². The van der Waals surface area contributed by atoms with Crippen molar-refractivity contribution in [3.63, 3.8) is 0 Å². The van der Waals surface area contributed by atoms with Crippen molar-refractivity contribution < 1.29 is 29.1 Å². The molecule has 4 aromatic rings. The Labute approximate surface area is 262 Å². The van der Waals surface area contributed by atoms with E-state index in [0.717, 1.165) is 32.5 Å². The van der Waals surface area contributed by atoms with E-state index in [2.05, 4.69) is 24.3 Å². The number of amides is 3. The number of benzene rings is 4. The quantitative estimate of drug-likeness (QED) is 0.292. The van der Waals surface area contributed by atoms with Crippen LogP contribution in [0.1, 0.15) is 30.5 Å². The van der Waals surface area contributed by atoms with Gasteiger partial charge in [-0.3, -0.25) is 14.4 Å². The number of aromatic hydroxyl groups is 1. The third-order valence-corrected chi connectivity index (χ3v) is 8.52. The molecule has 2 aliphatic rings. The van der Waals surface area contributed by atoms with Crippen LogP contribution in [-0.4, -0.2) is 69.3 Å². The molecule has 0 aromatic heterocycles. The van der Waals surface area contributed by atoms with Crippen molar-refractivity contribution in [1.82, 2.24) is 14.9 Å². The lowest BCUT2D eigenvalue weighted by Gasteiger charge is -2.53. The minimum absolute atomic E-state index is 0.0279. The fraction of sp³-hybridized carbons (Fsp3) is 0.306. The Bertz CT molecular complexity index is 1670. The maximum Gasteiger partial charge on any atom is 0.436 e. The Kier molecular flexibility index (Phi) is 8.71. The molecule has 6 rings (SSSR count). The summed E-state index contributed by atoms with van der Waals surface area (Å²) < 4.78 is 5.69. The van der Waals surface area contributed by atoms with Gasteiger partial charge in [0, 0.05) is 13.0 Å². The largest absolute Gasteiger partial charge is 0.508 e. The van der Waals surface area contributed by atoms with Crippen LogP contribution in [0.15, 0.2) is 97.1 Å². The van der Waals surface area contributed by atoms with Crippen LogP contribution in [-0.2, 0) is 38.6 Å². The monoisotopic (exact) mass is 607 g/mol. The van der Waals surface area contributed by atoms with E-state index in [4.69, 9.17) is 9.57 Å². The average molecular weight is 608 g/mol. The molecule has 2 fully saturated rings. The predicted octanol–water partition coefficient (Wildman–Crippen LogP) is 5.30. The number of piperazine rings is 1. The highest BCUT2D eigenvalue weighted by Gasteiger charge is 2.54. The molecule has 2 aliphatic heterocycles. The average Bonchev–Trinajstić information content (AvgIpc) is 3.05. The summed E-state index contributed by atoms with van der Waals surface area (Å²) in [4.78, 5) is 51.2. The normalized spacial score (nSPS) is 20.1. The molecule has 1 N–H and O–H groups in total. The lowest BCUT2D eigenvalue weighted by atomic mass is 9.94. The molecule has 9 heteroatoms. The van der Waals surface area contributed by atoms with Crippen molar-refractivity contribution in [2.45, 2.75) is 51.6 Å². The second-order valence-electron chi connectivity index (χ2n) is 11.9. The summed E-state index contributed by atoms with van der Waals surface area (Å²) >= 11 is 0. The molecule has 0 spiro atoms. The number of hydroxylamine groups is 2. The predicted molar refractivity (Wildman–Crippen MR) is 169 cm³/mol. The molecule has 4 aromatic carbocycles. The zero-order chi connectivity index (χ0) is 31.5. The van der Waals surface area contributed by atoms with Gasteiger partial charge >= 0.3 is 6.09 Å². The second-order valence-corrected chi connectivity index (χ2v) is 11.9. The van der Waals surface area contributed by atoms with Crippen LogP contribution >= 0.6 is 0 Å². The molecule has 0 aliphatic carbocycles. The zero-order valence-corrected chi connectivity index (χ0v) is 25.4. The minimum atomic E-state index is -1.06. The fourth-order valence-corrected chi connectivity index (χ4v) is 6.25. The fourth-order valence-electron chi connectivity index (χ4n) is 6.25. The van der Waals surface area contributed by atoms with Crippen LogP contribution in [0.4, 0.5) is 4.79 Å². The summed E-state index contributed by atoms with van der Waals surface area (Å²) in [6, 6.07) is 29.3. The van der Waals surface area contributed by atoms with Gasteiger partial charge in [-0.05, 0) is 51.9 Å². The van der Waals surface area contributed by atoms with Crippen molar-refractivity contribution in [3.8, 4) is 5.75 Å². The molecule has 1 unspecified atom stereocenters. The van der Waals surface area contributed by atoms with Crippen LogP contribution in [0.2, 0.25) is 0 Å². The maximum atomic E-state index is 14.1. The number of hydrogen-bond acceptors (Lipinski definition) is 6. The summed E-state index contributed by atoms with van der Waals surface area (Å²) in [6.45, 7) is 4.34. The highest BCUT2D eigenvalue weighted by Crippen LogP contribution is 2.32. The Morgan fingerprint density at radius 1 is 0.889 bits per heavy atom. The number of ether oxygens (including phenoxy) is 1. The van der Waals surface area contributed by atoms with Crippen molar-refractivity contribution in [2.75, 3.05) is 13.1 Å². The van der Waals surface area contributed by atoms with Gasteiger partial charge in [-0.1, -0.05) is 98.8 Å². The summed E-state index contributed by atoms with van der Waals surface area (Å²) in [6.07, 6.45) is -1.90. The molecule has 2 saturated heterocycles. The molecule has 232 valence electrons. The molecular formula is C36H37N3O6. The minimum Gasteiger partial charge on any atom is -0.508 e. The van der Waals surface area contributed by atoms with Gasteiger partial charge in [-0.15, -0.1) is 0 Å². The van der Waals surface area contributed by atoms with Gasteiger partial charge in [0.2, 0.25) is 5.91 Å². The molecule has 9 nitrogen and oxygen atoms in total. The topological polar surface area (TPSA) is 99.6 Å². The van der Waals surface area contributed by atoms with Gasteiger partial charge in [0.05, 0.1) is 6.54 Å². The van der Waals surface area contributed by atoms with E-state index in [1.54, 1.807) is 17.0 Å². The Morgan fingerprint density at radius 3 is 2.36 bits per heavy atom. The lowest BCUT2D eigenvalue weighted by Crippen LogP contribution is -2.74. The number of rotatable bonds is 8. The van der Waals surface area contributed by atoms with E-state index < -0.39 is 24.4 Å². The highest BCUT2D eigenvalue weighted by molar-refractivity contribution is 5.92. The Hall–Kier alpha value is -4.89. The number of hydrogen-bond donors (Lipinski definition) is 1. The maximum absolute atomic E-state index is 14.1. The molecule has 0 bridgehead atoms. The van der Waals surface area contributed by atoms with Crippen LogP contribution in [0.5, 0.6) is 5.75 Å². The molecule has 2 heterocycles. The van der Waals surface area contributed by atoms with Crippen molar-refractivity contribution in [3.05, 3.63) is 114 Å². The molecule has 3 amide bonds. The van der Waals surface area contributed by atoms with Gasteiger partial charge in [-0.2, -0.15) is 5.06 Å². The van der Waals surface area contributed by atoms with Gasteiger partial charge in [0.15, 0.2) is 12.3 Å². The van der Waals surface area contributed by atoms with Crippen molar-refractivity contribution >= 4 is 28.7 Å². The van der Waals surface area contributed by atoms with Crippen molar-refractivity contribution in [1.29, 1.82) is 0 Å². The molecule has 0 saturated carbocycles. The number of fused-ring (bicyclic) bond motifs is 2. The van der Waals surface area contributed by atoms with Gasteiger partial charge in [-0.25, -0.2) is 4.79 Å². The molecule has 45 heavy (non-hydrogen) atoms. The number of phenols is 1. The van der Waals surface area contributed by atoms with E-state index in [-0.39, 0.29) is 43.1 Å². The van der Waals surface area contributed by atoms with E-state index in [1.807, 2.05) is 62.4 Å². The summed E-state index contributed by atoms with van der Waals surface area (Å²) in [5.74, 6) is -0.636. The van der Waals surface area contributed by atoms with Crippen LogP contribution in [0.3, 0.4) is 0 Å². The summed E-state index contributed by atoms with van der Waals surface area (Å²) in [5, 5.41) is 13.1. The van der Waals surface area contributed by atoms with Crippen LogP contribution < -0.4 is 0 Å². The van der Waals surface area contributed by atoms with E-state index in [1.165, 1.54) is 17.0 Å². The van der Waals surface area contributed by atoms with E-state index in [0.29, 0.717) is 13.0 Å². The Morgan fingerprint density at radius 2 is 1.60 bits per heavy atom. The van der Waals surface area contributed by atoms with E-state index in [9.17, 15) is 19.5 Å². The van der Waals surface area contributed by atoms with Crippen LogP contribution in [0, 0.1) is 5.92 Å². The second kappa shape index (κ2) is 13.0.